The Bertz CT molecular complexity index is 16.0. The van der Waals surface area contributed by atoms with E-state index in [1.54, 1.807) is 0 Å². The summed E-state index contributed by atoms with van der Waals surface area (Å²) in [7, 11) is 2.70. The minimum Gasteiger partial charge on any atom is -0.358 e. The Hall–Kier alpha value is 1.30. The second kappa shape index (κ2) is 23.9. The summed E-state index contributed by atoms with van der Waals surface area (Å²) in [6.07, 6.45) is 3.94. The van der Waals surface area contributed by atoms with Gasteiger partial charge >= 0.3 is 0 Å². The first-order chi connectivity index (χ1) is 2.41. The van der Waals surface area contributed by atoms with Gasteiger partial charge in [0.1, 0.15) is 0 Å². The maximum Gasteiger partial charge on any atom is 0 e. The predicted octanol–water partition coefficient (Wildman–Crippen LogP) is 2.56. The molecule has 0 aromatic carbocycles. The van der Waals surface area contributed by atoms with Crippen molar-refractivity contribution in [2.24, 2.45) is 0 Å². The van der Waals surface area contributed by atoms with Crippen molar-refractivity contribution in [2.75, 3.05) is 6.16 Å². The molecule has 0 aliphatic heterocycles. The predicted molar refractivity (Wildman–Crippen MR) is 42.3 cm³/mol. The van der Waals surface area contributed by atoms with Crippen molar-refractivity contribution in [3.8, 4) is 0 Å². The van der Waals surface area contributed by atoms with E-state index < -0.39 is 0 Å². The summed E-state index contributed by atoms with van der Waals surface area (Å²) in [5, 5.41) is 0. The van der Waals surface area contributed by atoms with E-state index in [4.69, 9.17) is 0 Å². The molecule has 0 bridgehead atoms. The monoisotopic (exact) mass is 300 g/mol. The van der Waals surface area contributed by atoms with Crippen LogP contribution in [0.1, 0.15) is 19.8 Å². The molecule has 0 saturated heterocycles. The second-order valence-corrected chi connectivity index (χ2v) is 1.72. The summed E-state index contributed by atoms with van der Waals surface area (Å²) in [6.45, 7) is 2.20. The molecular weight excluding hydrogens is 282 g/mol. The molecule has 1 unspecified atom stereocenters. The molecule has 52 valence electrons. The first kappa shape index (κ1) is 22.8. The van der Waals surface area contributed by atoms with Gasteiger partial charge < -0.3 is 14.9 Å². The molecule has 0 aromatic rings. The Morgan fingerprint density at radius 3 is 1.62 bits per heavy atom. The Kier molecular flexibility index (Phi) is 68.2. The molecule has 0 heterocycles. The van der Waals surface area contributed by atoms with Crippen LogP contribution in [0.25, 0.3) is 0 Å². The molecule has 0 nitrogen and oxygen atoms in total. The van der Waals surface area contributed by atoms with Crippen LogP contribution in [0.3, 0.4) is 0 Å². The van der Waals surface area contributed by atoms with Crippen LogP contribution in [0.4, 0.5) is 0 Å². The summed E-state index contributed by atoms with van der Waals surface area (Å²) in [4.78, 5) is 0. The fourth-order valence-corrected chi connectivity index (χ4v) is 0.612. The fraction of sp³-hybridized carbons (Fsp3) is 0.667. The largest absolute Gasteiger partial charge is 0.358 e. The Balaban J connectivity index is -0.0000000267. The molecule has 0 aliphatic carbocycles. The zero-order valence-corrected chi connectivity index (χ0v) is 10.9. The molecular formula is C6H17HfP-2. The van der Waals surface area contributed by atoms with Gasteiger partial charge in [-0.25, -0.2) is 0 Å². The number of hydrogen-bond acceptors (Lipinski definition) is 0. The topological polar surface area (TPSA) is 0 Å². The van der Waals surface area contributed by atoms with Crippen molar-refractivity contribution in [2.45, 2.75) is 19.8 Å². The Labute approximate surface area is 75.8 Å². The zero-order chi connectivity index (χ0) is 4.12. The van der Waals surface area contributed by atoms with Gasteiger partial charge in [-0.05, 0) is 6.16 Å². The van der Waals surface area contributed by atoms with Gasteiger partial charge in [0.15, 0.2) is 0 Å². The molecule has 8 heavy (non-hydrogen) atoms. The maximum absolute atomic E-state index is 2.70. The number of rotatable bonds is 2. The van der Waals surface area contributed by atoms with E-state index in [2.05, 4.69) is 16.2 Å². The van der Waals surface area contributed by atoms with Crippen LogP contribution in [-0.2, 0) is 25.8 Å². The molecule has 1 atom stereocenters. The van der Waals surface area contributed by atoms with Crippen molar-refractivity contribution in [1.82, 2.24) is 0 Å². The van der Waals surface area contributed by atoms with E-state index >= 15 is 0 Å². The van der Waals surface area contributed by atoms with Gasteiger partial charge in [0.25, 0.3) is 0 Å². The average Bonchev–Trinajstić information content (AvgIpc) is 1.41. The van der Waals surface area contributed by atoms with Gasteiger partial charge in [-0.1, -0.05) is 19.8 Å². The first-order valence-electron chi connectivity index (χ1n) is 2.12. The second-order valence-electron chi connectivity index (χ2n) is 1.14. The third-order valence-corrected chi connectivity index (χ3v) is 0.966. The number of hydrogen-bond donors (Lipinski definition) is 0. The summed E-state index contributed by atoms with van der Waals surface area (Å²) in [6, 6.07) is 0. The minimum absolute atomic E-state index is 0. The quantitative estimate of drug-likeness (QED) is 0.417. The van der Waals surface area contributed by atoms with Gasteiger partial charge in [-0.3, -0.25) is 0 Å². The van der Waals surface area contributed by atoms with E-state index in [9.17, 15) is 0 Å². The molecule has 0 rings (SSSR count). The molecule has 0 saturated carbocycles. The Morgan fingerprint density at radius 1 is 1.25 bits per heavy atom. The first-order valence-corrected chi connectivity index (χ1v) is 2.93. The summed E-state index contributed by atoms with van der Waals surface area (Å²) >= 11 is 0. The summed E-state index contributed by atoms with van der Waals surface area (Å²) in [5.74, 6) is 0. The van der Waals surface area contributed by atoms with Gasteiger partial charge in [-0.2, -0.15) is 0 Å². The zero-order valence-electron chi connectivity index (χ0n) is 6.20. The van der Waals surface area contributed by atoms with E-state index in [0.717, 1.165) is 0 Å². The maximum atomic E-state index is 2.70. The molecule has 0 fully saturated rings. The van der Waals surface area contributed by atoms with Gasteiger partial charge in [0, 0.05) is 25.8 Å². The van der Waals surface area contributed by atoms with Crippen molar-refractivity contribution in [3.05, 3.63) is 14.9 Å². The molecule has 0 amide bonds. The van der Waals surface area contributed by atoms with E-state index in [0.29, 0.717) is 0 Å². The molecule has 0 aliphatic rings. The van der Waals surface area contributed by atoms with Crippen molar-refractivity contribution >= 4 is 9.24 Å². The van der Waals surface area contributed by atoms with Crippen molar-refractivity contribution < 1.29 is 25.8 Å². The van der Waals surface area contributed by atoms with Crippen LogP contribution in [0.5, 0.6) is 0 Å². The third-order valence-electron chi connectivity index (χ3n) is 0.558. The van der Waals surface area contributed by atoms with Crippen LogP contribution in [0, 0.1) is 14.9 Å². The Morgan fingerprint density at radius 2 is 1.62 bits per heavy atom. The molecule has 0 N–H and O–H groups in total. The van der Waals surface area contributed by atoms with Gasteiger partial charge in [-0.15, -0.1) is 9.24 Å². The fourth-order valence-electron chi connectivity index (χ4n) is 0.204. The van der Waals surface area contributed by atoms with Crippen molar-refractivity contribution in [3.63, 3.8) is 0 Å². The van der Waals surface area contributed by atoms with Crippen LogP contribution >= 0.6 is 9.24 Å². The molecule has 0 aromatic heterocycles. The van der Waals surface area contributed by atoms with E-state index in [1.165, 1.54) is 19.0 Å². The van der Waals surface area contributed by atoms with Gasteiger partial charge in [0.05, 0.1) is 0 Å². The molecule has 0 radical (unpaired) electrons. The van der Waals surface area contributed by atoms with Crippen molar-refractivity contribution in [1.29, 1.82) is 0 Å². The van der Waals surface area contributed by atoms with E-state index in [-0.39, 0.29) is 40.7 Å². The summed E-state index contributed by atoms with van der Waals surface area (Å²) < 4.78 is 0. The SMILES string of the molecule is CCCCP.[CH3-].[CH3-].[Hf]. The van der Waals surface area contributed by atoms with Crippen LogP contribution in [-0.4, -0.2) is 6.16 Å². The van der Waals surface area contributed by atoms with Crippen LogP contribution in [0.2, 0.25) is 0 Å². The smallest absolute Gasteiger partial charge is 0 e. The van der Waals surface area contributed by atoms with Gasteiger partial charge in [0.2, 0.25) is 0 Å². The number of unbranched alkanes of at least 4 members (excludes halogenated alkanes) is 1. The normalized spacial score (nSPS) is 5.25. The summed E-state index contributed by atoms with van der Waals surface area (Å²) in [5.41, 5.74) is 0. The van der Waals surface area contributed by atoms with Crippen LogP contribution in [0.15, 0.2) is 0 Å². The van der Waals surface area contributed by atoms with E-state index in [1.807, 2.05) is 0 Å². The average molecular weight is 299 g/mol. The third kappa shape index (κ3) is 26.6. The van der Waals surface area contributed by atoms with Crippen LogP contribution < -0.4 is 0 Å². The molecule has 2 heteroatoms. The molecule has 0 spiro atoms. The minimum atomic E-state index is 0. The standard InChI is InChI=1S/C4H11P.2CH3.Hf/c1-2-3-4-5;;;/h2-5H2,1H3;2*1H3;/q;2*-1;.